The van der Waals surface area contributed by atoms with Crippen molar-refractivity contribution in [3.05, 3.63) is 0 Å². The van der Waals surface area contributed by atoms with Crippen LogP contribution >= 0.6 is 0 Å². The Bertz CT molecular complexity index is 1830. The Labute approximate surface area is 414 Å². The molecule has 11 fully saturated rings. The zero-order valence-corrected chi connectivity index (χ0v) is 44.6. The van der Waals surface area contributed by atoms with E-state index in [1.54, 1.807) is 0 Å². The second-order valence-electron chi connectivity index (χ2n) is 26.3. The highest BCUT2D eigenvalue weighted by Gasteiger charge is 2.62. The summed E-state index contributed by atoms with van der Waals surface area (Å²) in [5, 5.41) is 34.4. The first-order valence-electron chi connectivity index (χ1n) is 27.8. The molecule has 0 amide bonds. The molecule has 0 radical (unpaired) electrons. The van der Waals surface area contributed by atoms with Gasteiger partial charge in [-0.15, -0.1) is 0 Å². The molecular formula is C53H94N8O8. The van der Waals surface area contributed by atoms with E-state index in [2.05, 4.69) is 126 Å². The summed E-state index contributed by atoms with van der Waals surface area (Å²) in [6, 6.07) is 0. The molecule has 69 heavy (non-hydrogen) atoms. The standard InChI is InChI=1S/C53H94N8O8/c1-15-50(5,6)66-38-20-30-27(17-35(38)63-14)43-56-46(30)55-42-26-16-34(62-13)36(64-24(2)3)18-28(26)44(54-42)58-48-32-22-40-41(69-53(11,12)52(9,10)68-40)23-33(32)49(61-48)60-45-29-19-37-39(21-31(29)47(57-43)59-45)67-51(7,8)25(4)65-37/h24-49,54-61H,15-23H2,1-14H3. The number of nitrogens with one attached hydrogen (secondary N) is 8. The van der Waals surface area contributed by atoms with Crippen molar-refractivity contribution in [3.8, 4) is 0 Å². The van der Waals surface area contributed by atoms with Gasteiger partial charge in [-0.1, -0.05) is 6.92 Å². The predicted molar refractivity (Wildman–Crippen MR) is 262 cm³/mol. The maximum Gasteiger partial charge on any atom is 0.0914 e. The summed E-state index contributed by atoms with van der Waals surface area (Å²) in [5.74, 6) is 2.58. The predicted octanol–water partition coefficient (Wildman–Crippen LogP) is 4.17. The van der Waals surface area contributed by atoms with Crippen LogP contribution in [0.2, 0.25) is 0 Å². The summed E-state index contributed by atoms with van der Waals surface area (Å²) in [7, 11) is 3.75. The van der Waals surface area contributed by atoms with Crippen LogP contribution in [0.4, 0.5) is 0 Å². The lowest BCUT2D eigenvalue weighted by molar-refractivity contribution is -0.308. The van der Waals surface area contributed by atoms with Crippen molar-refractivity contribution in [1.82, 2.24) is 42.5 Å². The fraction of sp³-hybridized carbons (Fsp3) is 1.00. The lowest BCUT2D eigenvalue weighted by Crippen LogP contribution is -2.63. The highest BCUT2D eigenvalue weighted by Crippen LogP contribution is 2.51. The molecule has 0 aromatic heterocycles. The van der Waals surface area contributed by atoms with Gasteiger partial charge in [-0.05, 0) is 181 Å². The lowest BCUT2D eigenvalue weighted by atomic mass is 9.72. The van der Waals surface area contributed by atoms with E-state index >= 15 is 0 Å². The first kappa shape index (κ1) is 50.5. The van der Waals surface area contributed by atoms with Gasteiger partial charge >= 0.3 is 0 Å². The number of fused-ring (bicyclic) bond motifs is 22. The van der Waals surface area contributed by atoms with E-state index < -0.39 is 11.2 Å². The van der Waals surface area contributed by atoms with Gasteiger partial charge in [-0.2, -0.15) is 0 Å². The van der Waals surface area contributed by atoms with Crippen LogP contribution < -0.4 is 42.5 Å². The van der Waals surface area contributed by atoms with Crippen molar-refractivity contribution in [2.45, 2.75) is 274 Å². The Balaban J connectivity index is 0.961. The highest BCUT2D eigenvalue weighted by molar-refractivity contribution is 5.13. The zero-order chi connectivity index (χ0) is 48.7. The van der Waals surface area contributed by atoms with Crippen LogP contribution in [0.1, 0.15) is 141 Å². The first-order chi connectivity index (χ1) is 32.6. The minimum Gasteiger partial charge on any atom is -0.379 e. The van der Waals surface area contributed by atoms with Gasteiger partial charge in [0, 0.05) is 14.2 Å². The molecule has 8 bridgehead atoms. The van der Waals surface area contributed by atoms with E-state index in [9.17, 15) is 0 Å². The molecule has 0 aromatic rings. The molecule has 16 nitrogen and oxygen atoms in total. The minimum atomic E-state index is -0.404. The fourth-order valence-electron chi connectivity index (χ4n) is 15.8. The molecule has 7 saturated heterocycles. The second kappa shape index (κ2) is 18.6. The molecule has 4 saturated carbocycles. The molecule has 25 atom stereocenters. The topological polar surface area (TPSA) is 170 Å². The van der Waals surface area contributed by atoms with E-state index in [1.807, 2.05) is 14.2 Å². The Kier molecular flexibility index (Phi) is 13.6. The third-order valence-corrected chi connectivity index (χ3v) is 20.7. The number of methoxy groups -OCH3 is 2. The van der Waals surface area contributed by atoms with Gasteiger partial charge in [0.25, 0.3) is 0 Å². The van der Waals surface area contributed by atoms with Gasteiger partial charge < -0.3 is 37.9 Å². The van der Waals surface area contributed by atoms with Crippen LogP contribution in [0.5, 0.6) is 0 Å². The van der Waals surface area contributed by atoms with Crippen molar-refractivity contribution >= 4 is 0 Å². The van der Waals surface area contributed by atoms with Crippen LogP contribution in [0, 0.1) is 47.3 Å². The summed E-state index contributed by atoms with van der Waals surface area (Å²) in [5.41, 5.74) is -1.39. The van der Waals surface area contributed by atoms with E-state index in [1.165, 1.54) is 0 Å². The molecule has 394 valence electrons. The maximum atomic E-state index is 7.08. The van der Waals surface area contributed by atoms with E-state index in [0.717, 1.165) is 57.8 Å². The number of rotatable bonds is 7. The molecule has 7 aliphatic heterocycles. The van der Waals surface area contributed by atoms with Crippen molar-refractivity contribution < 1.29 is 37.9 Å². The summed E-state index contributed by atoms with van der Waals surface area (Å²) in [6.45, 7) is 26.4. The molecule has 25 unspecified atom stereocenters. The SMILES string of the molecule is CCC(C)(C)OC1CC2C3NC4NC(NC5NC(NC6NC(NC(N3)C2CC1OC)C1CC2OC(C)(C)C(C)OC2CC61)C1CC2OC(C)(C)C(C)(C)OC2CC51)C1CC(OC(C)C)C(OC)CC41. The Morgan fingerprint density at radius 3 is 1.16 bits per heavy atom. The third-order valence-electron chi connectivity index (χ3n) is 20.7. The fourth-order valence-corrected chi connectivity index (χ4v) is 15.8. The number of hydrogen-bond donors (Lipinski definition) is 8. The minimum absolute atomic E-state index is 0.00255. The van der Waals surface area contributed by atoms with E-state index in [0.29, 0.717) is 47.3 Å². The molecule has 16 heteroatoms. The Morgan fingerprint density at radius 2 is 0.797 bits per heavy atom. The quantitative estimate of drug-likeness (QED) is 0.183. The average Bonchev–Trinajstić information content (AvgIpc) is 3.99. The van der Waals surface area contributed by atoms with Gasteiger partial charge in [0.2, 0.25) is 0 Å². The number of ether oxygens (including phenoxy) is 8. The molecule has 0 aromatic carbocycles. The highest BCUT2D eigenvalue weighted by atomic mass is 16.6. The smallest absolute Gasteiger partial charge is 0.0914 e. The van der Waals surface area contributed by atoms with Gasteiger partial charge in [-0.3, -0.25) is 42.5 Å². The van der Waals surface area contributed by atoms with E-state index in [4.69, 9.17) is 37.9 Å². The van der Waals surface area contributed by atoms with Gasteiger partial charge in [-0.25, -0.2) is 0 Å². The third kappa shape index (κ3) is 9.15. The first-order valence-corrected chi connectivity index (χ1v) is 27.8. The van der Waals surface area contributed by atoms with Gasteiger partial charge in [0.05, 0.1) is 133 Å². The molecule has 7 heterocycles. The van der Waals surface area contributed by atoms with Crippen LogP contribution in [0.3, 0.4) is 0 Å². The summed E-state index contributed by atoms with van der Waals surface area (Å²) >= 11 is 0. The molecule has 11 aliphatic rings. The lowest BCUT2D eigenvalue weighted by Gasteiger charge is -2.55. The summed E-state index contributed by atoms with van der Waals surface area (Å²) < 4.78 is 54.4. The van der Waals surface area contributed by atoms with E-state index in [-0.39, 0.29) is 122 Å². The van der Waals surface area contributed by atoms with Crippen molar-refractivity contribution in [2.75, 3.05) is 14.2 Å². The molecule has 4 aliphatic carbocycles. The average molecular weight is 971 g/mol. The van der Waals surface area contributed by atoms with Crippen molar-refractivity contribution in [2.24, 2.45) is 47.3 Å². The number of hydrogen-bond acceptors (Lipinski definition) is 16. The zero-order valence-electron chi connectivity index (χ0n) is 44.6. The molecule has 8 N–H and O–H groups in total. The second-order valence-corrected chi connectivity index (χ2v) is 26.3. The van der Waals surface area contributed by atoms with Crippen LogP contribution in [-0.2, 0) is 37.9 Å². The van der Waals surface area contributed by atoms with Crippen LogP contribution in [0.25, 0.3) is 0 Å². The van der Waals surface area contributed by atoms with Crippen molar-refractivity contribution in [1.29, 1.82) is 0 Å². The normalized spacial score (nSPS) is 52.8. The summed E-state index contributed by atoms with van der Waals surface area (Å²) in [4.78, 5) is 0. The molecule has 0 spiro atoms. The van der Waals surface area contributed by atoms with Gasteiger partial charge in [0.1, 0.15) is 0 Å². The monoisotopic (exact) mass is 971 g/mol. The molecule has 11 rings (SSSR count). The maximum absolute atomic E-state index is 7.08. The Morgan fingerprint density at radius 1 is 0.478 bits per heavy atom. The van der Waals surface area contributed by atoms with Gasteiger partial charge in [0.15, 0.2) is 0 Å². The van der Waals surface area contributed by atoms with Crippen LogP contribution in [-0.4, -0.2) is 147 Å². The molecular weight excluding hydrogens is 877 g/mol. The van der Waals surface area contributed by atoms with Crippen LogP contribution in [0.15, 0.2) is 0 Å². The Hall–Kier alpha value is -0.640. The van der Waals surface area contributed by atoms with Crippen molar-refractivity contribution in [3.63, 3.8) is 0 Å². The summed E-state index contributed by atoms with van der Waals surface area (Å²) in [6.07, 6.45) is 9.06. The largest absolute Gasteiger partial charge is 0.379 e.